The topological polar surface area (TPSA) is 175 Å². The fourth-order valence-electron chi connectivity index (χ4n) is 7.36. The maximum Gasteiger partial charge on any atom is 0.204 e. The van der Waals surface area contributed by atoms with Crippen molar-refractivity contribution >= 4 is 54.3 Å². The molecule has 0 aliphatic heterocycles. The molecule has 8 aromatic carbocycles. The molecule has 0 spiro atoms. The average molecular weight is 675 g/mol. The molecule has 8 N–H and O–H groups in total. The van der Waals surface area contributed by atoms with Gasteiger partial charge in [-0.15, -0.1) is 0 Å². The average Bonchev–Trinajstić information content (AvgIpc) is 3.55. The van der Waals surface area contributed by atoms with E-state index in [0.717, 1.165) is 43.8 Å². The number of hydrogen-bond donors (Lipinski definition) is 8. The van der Waals surface area contributed by atoms with Crippen LogP contribution in [0.5, 0.6) is 46.0 Å². The molecule has 0 saturated heterocycles. The van der Waals surface area contributed by atoms with Gasteiger partial charge < -0.3 is 45.3 Å². The first-order chi connectivity index (χ1) is 24.7. The van der Waals surface area contributed by atoms with Gasteiger partial charge in [-0.05, 0) is 51.2 Å². The van der Waals surface area contributed by atoms with Gasteiger partial charge in [-0.2, -0.15) is 0 Å². The molecule has 9 heteroatoms. The summed E-state index contributed by atoms with van der Waals surface area (Å²) in [5.74, 6) is -7.35. The van der Waals surface area contributed by atoms with Crippen molar-refractivity contribution in [3.05, 3.63) is 109 Å². The molecule has 0 saturated carbocycles. The van der Waals surface area contributed by atoms with Crippen LogP contribution >= 0.6 is 0 Å². The molecule has 0 aliphatic rings. The Balaban J connectivity index is 1.34. The standard InChI is InChI=1S/C42H26O9/c43-35-31-28(21-7-2-1-3-8-21)32-34(38(46)42(50)40(48)36(32)44)29(33(31)37(45)41(49)39(35)47)22-12-10-19(11-13-22)23-15-16-26-25(18-23)30-24-9-5-4-6-20(24)14-17-27(30)51-26/h1-18,43-50H. The van der Waals surface area contributed by atoms with Gasteiger partial charge in [0, 0.05) is 43.4 Å². The molecule has 1 heterocycles. The molecular formula is C42H26O9. The maximum absolute atomic E-state index is 11.4. The van der Waals surface area contributed by atoms with Crippen LogP contribution in [0.15, 0.2) is 114 Å². The summed E-state index contributed by atoms with van der Waals surface area (Å²) in [6.07, 6.45) is 0. The number of aromatic hydroxyl groups is 8. The van der Waals surface area contributed by atoms with Crippen molar-refractivity contribution in [1.29, 1.82) is 0 Å². The van der Waals surface area contributed by atoms with Gasteiger partial charge in [0.1, 0.15) is 11.2 Å². The Kier molecular flexibility index (Phi) is 6.21. The van der Waals surface area contributed by atoms with E-state index >= 15 is 0 Å². The highest BCUT2D eigenvalue weighted by molar-refractivity contribution is 6.29. The Bertz CT molecular complexity index is 2850. The summed E-state index contributed by atoms with van der Waals surface area (Å²) >= 11 is 0. The quantitative estimate of drug-likeness (QED) is 0.0515. The second kappa shape index (κ2) is 10.6. The largest absolute Gasteiger partial charge is 0.504 e. The van der Waals surface area contributed by atoms with E-state index in [9.17, 15) is 40.9 Å². The minimum Gasteiger partial charge on any atom is -0.504 e. The number of phenolic OH excluding ortho intramolecular Hbond substituents is 8. The molecule has 0 unspecified atom stereocenters. The minimum atomic E-state index is -1.02. The molecular weight excluding hydrogens is 648 g/mol. The Labute approximate surface area is 287 Å². The van der Waals surface area contributed by atoms with E-state index in [1.54, 1.807) is 54.6 Å². The van der Waals surface area contributed by atoms with E-state index in [-0.39, 0.29) is 32.7 Å². The van der Waals surface area contributed by atoms with Crippen molar-refractivity contribution < 1.29 is 45.3 Å². The molecule has 0 bridgehead atoms. The Morgan fingerprint density at radius 1 is 0.314 bits per heavy atom. The first-order valence-corrected chi connectivity index (χ1v) is 15.9. The van der Waals surface area contributed by atoms with Crippen molar-refractivity contribution in [2.45, 2.75) is 0 Å². The van der Waals surface area contributed by atoms with Crippen LogP contribution in [-0.2, 0) is 0 Å². The molecule has 248 valence electrons. The van der Waals surface area contributed by atoms with Gasteiger partial charge in [-0.25, -0.2) is 0 Å². The first kappa shape index (κ1) is 29.8. The first-order valence-electron chi connectivity index (χ1n) is 15.9. The lowest BCUT2D eigenvalue weighted by Crippen LogP contribution is -1.94. The zero-order valence-corrected chi connectivity index (χ0v) is 26.4. The molecule has 0 amide bonds. The van der Waals surface area contributed by atoms with Crippen LogP contribution in [0.25, 0.3) is 87.6 Å². The van der Waals surface area contributed by atoms with Crippen molar-refractivity contribution in [2.75, 3.05) is 0 Å². The fourth-order valence-corrected chi connectivity index (χ4v) is 7.36. The molecule has 1 aromatic heterocycles. The Morgan fingerprint density at radius 3 is 1.33 bits per heavy atom. The van der Waals surface area contributed by atoms with Crippen LogP contribution in [0, 0.1) is 0 Å². The van der Waals surface area contributed by atoms with E-state index in [1.807, 2.05) is 48.5 Å². The Hall–Kier alpha value is -7.26. The summed E-state index contributed by atoms with van der Waals surface area (Å²) in [6.45, 7) is 0. The van der Waals surface area contributed by atoms with E-state index in [0.29, 0.717) is 11.1 Å². The third kappa shape index (κ3) is 4.09. The van der Waals surface area contributed by atoms with E-state index in [2.05, 4.69) is 6.07 Å². The molecule has 51 heavy (non-hydrogen) atoms. The van der Waals surface area contributed by atoms with Crippen LogP contribution in [-0.4, -0.2) is 40.9 Å². The highest BCUT2D eigenvalue weighted by Gasteiger charge is 2.32. The smallest absolute Gasteiger partial charge is 0.204 e. The number of rotatable bonds is 3. The van der Waals surface area contributed by atoms with Crippen LogP contribution in [0.3, 0.4) is 0 Å². The SMILES string of the molecule is Oc1c(O)c(O)c2c(-c3ccc(-c4ccc5oc6ccc7ccccc7c6c5c4)cc3)c3c(O)c(O)c(O)c(O)c3c(-c3ccccc3)c2c1O. The molecule has 0 atom stereocenters. The molecule has 0 aliphatic carbocycles. The number of furan rings is 1. The van der Waals surface area contributed by atoms with Crippen molar-refractivity contribution in [3.63, 3.8) is 0 Å². The molecule has 0 fully saturated rings. The second-order valence-corrected chi connectivity index (χ2v) is 12.5. The molecule has 9 nitrogen and oxygen atoms in total. The van der Waals surface area contributed by atoms with Crippen LogP contribution in [0.1, 0.15) is 0 Å². The van der Waals surface area contributed by atoms with Crippen molar-refractivity contribution in [2.24, 2.45) is 0 Å². The fraction of sp³-hybridized carbons (Fsp3) is 0. The zero-order chi connectivity index (χ0) is 35.3. The third-order valence-corrected chi connectivity index (χ3v) is 9.72. The summed E-state index contributed by atoms with van der Waals surface area (Å²) in [5, 5.41) is 91.7. The van der Waals surface area contributed by atoms with Gasteiger partial charge in [0.25, 0.3) is 0 Å². The molecule has 9 rings (SSSR count). The van der Waals surface area contributed by atoms with Crippen LogP contribution < -0.4 is 0 Å². The summed E-state index contributed by atoms with van der Waals surface area (Å²) in [7, 11) is 0. The highest BCUT2D eigenvalue weighted by atomic mass is 16.4. The minimum absolute atomic E-state index is 0.000310. The summed E-state index contributed by atoms with van der Waals surface area (Å²) in [6, 6.07) is 33.2. The van der Waals surface area contributed by atoms with Crippen molar-refractivity contribution in [3.8, 4) is 79.4 Å². The van der Waals surface area contributed by atoms with Gasteiger partial charge in [0.15, 0.2) is 23.0 Å². The predicted molar refractivity (Wildman–Crippen MR) is 196 cm³/mol. The summed E-state index contributed by atoms with van der Waals surface area (Å²) in [5.41, 5.74) is 3.83. The van der Waals surface area contributed by atoms with E-state index in [1.165, 1.54) is 0 Å². The molecule has 0 radical (unpaired) electrons. The third-order valence-electron chi connectivity index (χ3n) is 9.72. The van der Waals surface area contributed by atoms with E-state index < -0.39 is 46.0 Å². The number of hydrogen-bond acceptors (Lipinski definition) is 9. The van der Waals surface area contributed by atoms with Crippen molar-refractivity contribution in [1.82, 2.24) is 0 Å². The lowest BCUT2D eigenvalue weighted by atomic mass is 9.83. The highest BCUT2D eigenvalue weighted by Crippen LogP contribution is 2.61. The van der Waals surface area contributed by atoms with E-state index in [4.69, 9.17) is 4.42 Å². The maximum atomic E-state index is 11.4. The number of fused-ring (bicyclic) bond motifs is 7. The van der Waals surface area contributed by atoms with Crippen LogP contribution in [0.4, 0.5) is 0 Å². The Morgan fingerprint density at radius 2 is 0.765 bits per heavy atom. The van der Waals surface area contributed by atoms with Crippen LogP contribution in [0.2, 0.25) is 0 Å². The van der Waals surface area contributed by atoms with Gasteiger partial charge in [-0.1, -0.05) is 91.0 Å². The summed E-state index contributed by atoms with van der Waals surface area (Å²) < 4.78 is 6.16. The normalized spacial score (nSPS) is 11.8. The second-order valence-electron chi connectivity index (χ2n) is 12.5. The number of benzene rings is 8. The molecule has 9 aromatic rings. The summed E-state index contributed by atoms with van der Waals surface area (Å²) in [4.78, 5) is 0. The lowest BCUT2D eigenvalue weighted by molar-refractivity contribution is 0.350. The van der Waals surface area contributed by atoms with Gasteiger partial charge in [-0.3, -0.25) is 0 Å². The lowest BCUT2D eigenvalue weighted by Gasteiger charge is -2.22. The van der Waals surface area contributed by atoms with Gasteiger partial charge in [0.05, 0.1) is 0 Å². The zero-order valence-electron chi connectivity index (χ0n) is 26.4. The van der Waals surface area contributed by atoms with Gasteiger partial charge >= 0.3 is 0 Å². The monoisotopic (exact) mass is 674 g/mol. The van der Waals surface area contributed by atoms with Gasteiger partial charge in [0.2, 0.25) is 23.0 Å². The number of phenols is 8. The predicted octanol–water partition coefficient (Wildman–Crippen LogP) is 9.69.